The molecule has 7 nitrogen and oxygen atoms in total. The lowest BCUT2D eigenvalue weighted by Gasteiger charge is -2.21. The summed E-state index contributed by atoms with van der Waals surface area (Å²) in [5.41, 5.74) is 0. The number of carbonyl (C=O) groups excluding carboxylic acids is 1. The van der Waals surface area contributed by atoms with Crippen molar-refractivity contribution in [3.63, 3.8) is 0 Å². The number of piperidine rings is 1. The summed E-state index contributed by atoms with van der Waals surface area (Å²) in [5, 5.41) is 16.7. The van der Waals surface area contributed by atoms with E-state index in [2.05, 4.69) is 26.1 Å². The van der Waals surface area contributed by atoms with Crippen LogP contribution in [0.25, 0.3) is 0 Å². The molecule has 0 bridgehead atoms. The summed E-state index contributed by atoms with van der Waals surface area (Å²) in [6.07, 6.45) is 1.74. The number of amides is 1. The highest BCUT2D eigenvalue weighted by molar-refractivity contribution is 5.84. The van der Waals surface area contributed by atoms with Gasteiger partial charge < -0.3 is 20.4 Å². The molecule has 1 amide bonds. The first-order valence-electron chi connectivity index (χ1n) is 6.25. The Morgan fingerprint density at radius 1 is 1.50 bits per heavy atom. The van der Waals surface area contributed by atoms with Crippen LogP contribution in [0.5, 0.6) is 0 Å². The van der Waals surface area contributed by atoms with Crippen molar-refractivity contribution < 1.29 is 9.21 Å². The van der Waals surface area contributed by atoms with Crippen molar-refractivity contribution in [1.29, 1.82) is 0 Å². The second-order valence-electron chi connectivity index (χ2n) is 4.67. The van der Waals surface area contributed by atoms with Crippen LogP contribution in [0.3, 0.4) is 0 Å². The van der Waals surface area contributed by atoms with Crippen LogP contribution >= 0.6 is 0 Å². The molecule has 18 heavy (non-hydrogen) atoms. The van der Waals surface area contributed by atoms with E-state index in [1.54, 1.807) is 0 Å². The number of carbonyl (C=O) groups is 1. The second-order valence-corrected chi connectivity index (χ2v) is 4.67. The molecular weight excluding hydrogens is 234 g/mol. The van der Waals surface area contributed by atoms with Gasteiger partial charge in [0.2, 0.25) is 11.8 Å². The van der Waals surface area contributed by atoms with Crippen LogP contribution in [0.15, 0.2) is 4.42 Å². The van der Waals surface area contributed by atoms with Crippen molar-refractivity contribution in [2.45, 2.75) is 45.3 Å². The van der Waals surface area contributed by atoms with E-state index in [9.17, 15) is 4.79 Å². The zero-order chi connectivity index (χ0) is 13.0. The van der Waals surface area contributed by atoms with Crippen LogP contribution < -0.4 is 16.0 Å². The Hall–Kier alpha value is -1.63. The molecule has 2 rings (SSSR count). The molecule has 1 aliphatic rings. The van der Waals surface area contributed by atoms with E-state index in [1.807, 2.05) is 13.8 Å². The van der Waals surface area contributed by atoms with Crippen LogP contribution in [-0.4, -0.2) is 34.7 Å². The first-order valence-corrected chi connectivity index (χ1v) is 6.25. The number of anilines is 1. The Morgan fingerprint density at radius 3 is 3.06 bits per heavy atom. The largest absolute Gasteiger partial charge is 0.407 e. The van der Waals surface area contributed by atoms with Gasteiger partial charge in [0.15, 0.2) is 0 Å². The van der Waals surface area contributed by atoms with Crippen molar-refractivity contribution in [3.8, 4) is 0 Å². The minimum Gasteiger partial charge on any atom is -0.407 e. The van der Waals surface area contributed by atoms with E-state index in [4.69, 9.17) is 4.42 Å². The third kappa shape index (κ3) is 3.43. The Kier molecular flexibility index (Phi) is 4.14. The first kappa shape index (κ1) is 12.8. The molecule has 7 heteroatoms. The molecule has 1 aliphatic heterocycles. The lowest BCUT2D eigenvalue weighted by Crippen LogP contribution is -2.44. The summed E-state index contributed by atoms with van der Waals surface area (Å²) < 4.78 is 5.41. The molecule has 100 valence electrons. The standard InChI is InChI=1S/C11H19N5O2/c1-7(2)13-6-9-15-16-11(18-9)14-8-4-3-5-12-10(8)17/h7-8,13H,3-6H2,1-2H3,(H,12,17)(H,14,16). The van der Waals surface area contributed by atoms with Crippen molar-refractivity contribution >= 4 is 11.9 Å². The van der Waals surface area contributed by atoms with Gasteiger partial charge in [0.25, 0.3) is 0 Å². The normalized spacial score (nSPS) is 19.9. The molecule has 1 aromatic heterocycles. The fraction of sp³-hybridized carbons (Fsp3) is 0.727. The van der Waals surface area contributed by atoms with Gasteiger partial charge in [-0.25, -0.2) is 0 Å². The molecular formula is C11H19N5O2. The van der Waals surface area contributed by atoms with Crippen LogP contribution in [0.1, 0.15) is 32.6 Å². The maximum Gasteiger partial charge on any atom is 0.316 e. The highest BCUT2D eigenvalue weighted by Crippen LogP contribution is 2.12. The molecule has 0 aliphatic carbocycles. The Balaban J connectivity index is 1.87. The van der Waals surface area contributed by atoms with Crippen LogP contribution in [0, 0.1) is 0 Å². The van der Waals surface area contributed by atoms with Crippen molar-refractivity contribution in [3.05, 3.63) is 5.89 Å². The summed E-state index contributed by atoms with van der Waals surface area (Å²) in [4.78, 5) is 11.5. The second kappa shape index (κ2) is 5.81. The lowest BCUT2D eigenvalue weighted by molar-refractivity contribution is -0.123. The van der Waals surface area contributed by atoms with Crippen LogP contribution in [-0.2, 0) is 11.3 Å². The van der Waals surface area contributed by atoms with E-state index >= 15 is 0 Å². The van der Waals surface area contributed by atoms with E-state index < -0.39 is 0 Å². The zero-order valence-electron chi connectivity index (χ0n) is 10.7. The van der Waals surface area contributed by atoms with Gasteiger partial charge >= 0.3 is 6.01 Å². The van der Waals surface area contributed by atoms with Crippen molar-refractivity contribution in [2.24, 2.45) is 0 Å². The van der Waals surface area contributed by atoms with E-state index in [0.29, 0.717) is 24.5 Å². The van der Waals surface area contributed by atoms with Gasteiger partial charge in [-0.1, -0.05) is 18.9 Å². The summed E-state index contributed by atoms with van der Waals surface area (Å²) >= 11 is 0. The van der Waals surface area contributed by atoms with Gasteiger partial charge in [-0.2, -0.15) is 0 Å². The smallest absolute Gasteiger partial charge is 0.316 e. The number of nitrogens with zero attached hydrogens (tertiary/aromatic N) is 2. The minimum absolute atomic E-state index is 0.0127. The zero-order valence-corrected chi connectivity index (χ0v) is 10.7. The van der Waals surface area contributed by atoms with Gasteiger partial charge in [-0.05, 0) is 12.8 Å². The van der Waals surface area contributed by atoms with Gasteiger partial charge in [0, 0.05) is 12.6 Å². The fourth-order valence-corrected chi connectivity index (χ4v) is 1.73. The molecule has 0 spiro atoms. The lowest BCUT2D eigenvalue weighted by atomic mass is 10.1. The highest BCUT2D eigenvalue weighted by atomic mass is 16.4. The SMILES string of the molecule is CC(C)NCc1nnc(NC2CCCNC2=O)o1. The average Bonchev–Trinajstić information content (AvgIpc) is 2.77. The maximum absolute atomic E-state index is 11.5. The number of nitrogens with one attached hydrogen (secondary N) is 3. The molecule has 0 aromatic carbocycles. The summed E-state index contributed by atoms with van der Waals surface area (Å²) in [5.74, 6) is 0.503. The van der Waals surface area contributed by atoms with Crippen molar-refractivity contribution in [1.82, 2.24) is 20.8 Å². The molecule has 0 saturated carbocycles. The number of aromatic nitrogens is 2. The van der Waals surface area contributed by atoms with Crippen LogP contribution in [0.4, 0.5) is 6.01 Å². The first-order chi connectivity index (χ1) is 8.65. The highest BCUT2D eigenvalue weighted by Gasteiger charge is 2.23. The van der Waals surface area contributed by atoms with Gasteiger partial charge in [0.1, 0.15) is 6.04 Å². The molecule has 0 radical (unpaired) electrons. The molecule has 1 aromatic rings. The summed E-state index contributed by atoms with van der Waals surface area (Å²) in [7, 11) is 0. The molecule has 3 N–H and O–H groups in total. The minimum atomic E-state index is -0.273. The van der Waals surface area contributed by atoms with Crippen LogP contribution in [0.2, 0.25) is 0 Å². The topological polar surface area (TPSA) is 92.1 Å². The van der Waals surface area contributed by atoms with E-state index in [0.717, 1.165) is 19.4 Å². The number of hydrogen-bond acceptors (Lipinski definition) is 6. The predicted molar refractivity (Wildman–Crippen MR) is 65.9 cm³/mol. The van der Waals surface area contributed by atoms with Gasteiger partial charge in [-0.3, -0.25) is 4.79 Å². The summed E-state index contributed by atoms with van der Waals surface area (Å²) in [6, 6.07) is 0.389. The van der Waals surface area contributed by atoms with E-state index in [-0.39, 0.29) is 11.9 Å². The molecule has 1 unspecified atom stereocenters. The quantitative estimate of drug-likeness (QED) is 0.697. The predicted octanol–water partition coefficient (Wildman–Crippen LogP) is 0.258. The van der Waals surface area contributed by atoms with Crippen molar-refractivity contribution in [2.75, 3.05) is 11.9 Å². The third-order valence-corrected chi connectivity index (χ3v) is 2.71. The Morgan fingerprint density at radius 2 is 2.33 bits per heavy atom. The monoisotopic (exact) mass is 253 g/mol. The number of rotatable bonds is 5. The number of hydrogen-bond donors (Lipinski definition) is 3. The molecule has 1 fully saturated rings. The van der Waals surface area contributed by atoms with Gasteiger partial charge in [-0.15, -0.1) is 5.10 Å². The Bertz CT molecular complexity index is 404. The third-order valence-electron chi connectivity index (χ3n) is 2.71. The fourth-order valence-electron chi connectivity index (χ4n) is 1.73. The van der Waals surface area contributed by atoms with Gasteiger partial charge in [0.05, 0.1) is 6.54 Å². The van der Waals surface area contributed by atoms with E-state index in [1.165, 1.54) is 0 Å². The molecule has 1 atom stereocenters. The average molecular weight is 253 g/mol. The molecule has 2 heterocycles. The molecule has 1 saturated heterocycles. The maximum atomic E-state index is 11.5. The summed E-state index contributed by atoms with van der Waals surface area (Å²) in [6.45, 7) is 5.36. The Labute approximate surface area is 106 Å².